The Balaban J connectivity index is 1.38. The van der Waals surface area contributed by atoms with Gasteiger partial charge >= 0.3 is 11.7 Å². The molecule has 0 aliphatic heterocycles. The molecule has 1 saturated carbocycles. The Hall–Kier alpha value is -3.62. The van der Waals surface area contributed by atoms with Gasteiger partial charge in [0.2, 0.25) is 0 Å². The number of carbonyl (C=O) groups excluding carboxylic acids is 1. The van der Waals surface area contributed by atoms with Crippen molar-refractivity contribution in [2.24, 2.45) is 0 Å². The number of nitrogens with zero attached hydrogens (tertiary/aromatic N) is 3. The fourth-order valence-electron chi connectivity index (χ4n) is 3.28. The van der Waals surface area contributed by atoms with Gasteiger partial charge in [0.25, 0.3) is 0 Å². The van der Waals surface area contributed by atoms with Crippen LogP contribution in [-0.2, 0) is 6.54 Å². The average molecular weight is 425 g/mol. The number of nitrogens with one attached hydrogen (secondary N) is 2. The van der Waals surface area contributed by atoms with Crippen molar-refractivity contribution in [3.8, 4) is 17.1 Å². The van der Waals surface area contributed by atoms with Gasteiger partial charge in [-0.3, -0.25) is 4.57 Å². The number of hydrogen-bond donors (Lipinski definition) is 2. The first kappa shape index (κ1) is 20.6. The van der Waals surface area contributed by atoms with E-state index in [1.165, 1.54) is 16.8 Å². The van der Waals surface area contributed by atoms with Crippen LogP contribution in [0.5, 0.6) is 5.75 Å². The topological polar surface area (TPSA) is 90.2 Å². The van der Waals surface area contributed by atoms with Crippen LogP contribution < -0.4 is 21.1 Å². The summed E-state index contributed by atoms with van der Waals surface area (Å²) < 4.78 is 21.6. The van der Waals surface area contributed by atoms with Crippen LogP contribution in [0.2, 0.25) is 0 Å². The summed E-state index contributed by atoms with van der Waals surface area (Å²) in [5, 5.41) is 9.90. The van der Waals surface area contributed by atoms with Crippen LogP contribution in [0.3, 0.4) is 0 Å². The standard InChI is InChI=1S/C22H24FN5O3/c1-2-31-19-11-7-17(8-12-19)25-21(29)24-13-14-27-22(30)28(18-9-10-18)20(26-27)15-3-5-16(23)6-4-15/h3-8,11-12,18H,2,9-10,13-14H2,1H3,(H2,24,25,29). The molecule has 1 aliphatic rings. The van der Waals surface area contributed by atoms with E-state index in [2.05, 4.69) is 15.7 Å². The van der Waals surface area contributed by atoms with Crippen molar-refractivity contribution in [1.82, 2.24) is 19.7 Å². The van der Waals surface area contributed by atoms with E-state index in [1.807, 2.05) is 6.92 Å². The number of aromatic nitrogens is 3. The van der Waals surface area contributed by atoms with Crippen molar-refractivity contribution < 1.29 is 13.9 Å². The van der Waals surface area contributed by atoms with E-state index in [4.69, 9.17) is 4.74 Å². The van der Waals surface area contributed by atoms with Crippen LogP contribution in [0.4, 0.5) is 14.9 Å². The fraction of sp³-hybridized carbons (Fsp3) is 0.318. The lowest BCUT2D eigenvalue weighted by atomic mass is 10.2. The van der Waals surface area contributed by atoms with Crippen LogP contribution in [0, 0.1) is 5.82 Å². The minimum atomic E-state index is -0.377. The van der Waals surface area contributed by atoms with Gasteiger partial charge in [-0.15, -0.1) is 5.10 Å². The minimum absolute atomic E-state index is 0.122. The second-order valence-corrected chi connectivity index (χ2v) is 7.28. The molecule has 0 atom stereocenters. The summed E-state index contributed by atoms with van der Waals surface area (Å²) >= 11 is 0. The van der Waals surface area contributed by atoms with Gasteiger partial charge in [0.15, 0.2) is 5.82 Å². The number of ether oxygens (including phenoxy) is 1. The van der Waals surface area contributed by atoms with E-state index in [0.29, 0.717) is 23.7 Å². The highest BCUT2D eigenvalue weighted by atomic mass is 19.1. The summed E-state index contributed by atoms with van der Waals surface area (Å²) in [4.78, 5) is 25.0. The molecule has 31 heavy (non-hydrogen) atoms. The van der Waals surface area contributed by atoms with E-state index in [9.17, 15) is 14.0 Å². The molecule has 0 unspecified atom stereocenters. The van der Waals surface area contributed by atoms with E-state index in [-0.39, 0.29) is 36.7 Å². The Morgan fingerprint density at radius 3 is 2.52 bits per heavy atom. The van der Waals surface area contributed by atoms with Crippen LogP contribution in [0.15, 0.2) is 53.3 Å². The lowest BCUT2D eigenvalue weighted by molar-refractivity contribution is 0.251. The molecule has 1 heterocycles. The van der Waals surface area contributed by atoms with Crippen LogP contribution in [-0.4, -0.2) is 33.5 Å². The zero-order valence-electron chi connectivity index (χ0n) is 17.2. The number of urea groups is 1. The highest BCUT2D eigenvalue weighted by molar-refractivity contribution is 5.89. The van der Waals surface area contributed by atoms with Crippen LogP contribution >= 0.6 is 0 Å². The third-order valence-electron chi connectivity index (χ3n) is 4.92. The highest BCUT2D eigenvalue weighted by Crippen LogP contribution is 2.36. The zero-order chi connectivity index (χ0) is 21.8. The molecular weight excluding hydrogens is 401 g/mol. The first-order chi connectivity index (χ1) is 15.0. The molecule has 4 rings (SSSR count). The fourth-order valence-corrected chi connectivity index (χ4v) is 3.28. The molecule has 0 spiro atoms. The molecule has 8 nitrogen and oxygen atoms in total. The molecular formula is C22H24FN5O3. The van der Waals surface area contributed by atoms with Gasteiger partial charge in [0.1, 0.15) is 11.6 Å². The van der Waals surface area contributed by atoms with Gasteiger partial charge in [0.05, 0.1) is 13.2 Å². The number of halogens is 1. The molecule has 162 valence electrons. The highest BCUT2D eigenvalue weighted by Gasteiger charge is 2.30. The van der Waals surface area contributed by atoms with Crippen molar-refractivity contribution >= 4 is 11.7 Å². The predicted molar refractivity (Wildman–Crippen MR) is 115 cm³/mol. The maximum atomic E-state index is 13.3. The minimum Gasteiger partial charge on any atom is -0.494 e. The summed E-state index contributed by atoms with van der Waals surface area (Å²) in [6, 6.07) is 12.7. The Labute approximate surface area is 178 Å². The van der Waals surface area contributed by atoms with E-state index in [0.717, 1.165) is 18.6 Å². The number of amides is 2. The normalized spacial score (nSPS) is 13.1. The second kappa shape index (κ2) is 9.03. The molecule has 9 heteroatoms. The monoisotopic (exact) mass is 425 g/mol. The lowest BCUT2D eigenvalue weighted by Gasteiger charge is -2.08. The van der Waals surface area contributed by atoms with Crippen molar-refractivity contribution in [3.63, 3.8) is 0 Å². The van der Waals surface area contributed by atoms with Gasteiger partial charge in [-0.2, -0.15) is 0 Å². The maximum Gasteiger partial charge on any atom is 0.346 e. The predicted octanol–water partition coefficient (Wildman–Crippen LogP) is 3.41. The molecule has 1 aromatic heterocycles. The zero-order valence-corrected chi connectivity index (χ0v) is 17.2. The Kier molecular flexibility index (Phi) is 6.01. The van der Waals surface area contributed by atoms with E-state index >= 15 is 0 Å². The van der Waals surface area contributed by atoms with Crippen LogP contribution in [0.25, 0.3) is 11.4 Å². The summed E-state index contributed by atoms with van der Waals surface area (Å²) in [6.07, 6.45) is 1.84. The summed E-state index contributed by atoms with van der Waals surface area (Å²) in [7, 11) is 0. The Morgan fingerprint density at radius 1 is 1.16 bits per heavy atom. The molecule has 2 aromatic carbocycles. The third kappa shape index (κ3) is 4.93. The van der Waals surface area contributed by atoms with E-state index in [1.54, 1.807) is 41.0 Å². The maximum absolute atomic E-state index is 13.3. The first-order valence-corrected chi connectivity index (χ1v) is 10.3. The van der Waals surface area contributed by atoms with E-state index < -0.39 is 0 Å². The quantitative estimate of drug-likeness (QED) is 0.579. The Morgan fingerprint density at radius 2 is 1.87 bits per heavy atom. The van der Waals surface area contributed by atoms with Crippen molar-refractivity contribution in [2.75, 3.05) is 18.5 Å². The van der Waals surface area contributed by atoms with Gasteiger partial charge < -0.3 is 15.4 Å². The SMILES string of the molecule is CCOc1ccc(NC(=O)NCCn2nc(-c3ccc(F)cc3)n(C3CC3)c2=O)cc1. The molecule has 2 amide bonds. The van der Waals surface area contributed by atoms with Gasteiger partial charge in [0, 0.05) is 23.8 Å². The number of anilines is 1. The van der Waals surface area contributed by atoms with Gasteiger partial charge in [-0.25, -0.2) is 18.7 Å². The van der Waals surface area contributed by atoms with Gasteiger partial charge in [-0.05, 0) is 68.3 Å². The molecule has 3 aromatic rings. The average Bonchev–Trinajstić information content (AvgIpc) is 3.54. The van der Waals surface area contributed by atoms with Crippen molar-refractivity contribution in [3.05, 3.63) is 64.8 Å². The number of carbonyl (C=O) groups is 1. The summed E-state index contributed by atoms with van der Waals surface area (Å²) in [5.74, 6) is 0.911. The lowest BCUT2D eigenvalue weighted by Crippen LogP contribution is -2.34. The molecule has 0 radical (unpaired) electrons. The number of hydrogen-bond acceptors (Lipinski definition) is 4. The number of benzene rings is 2. The third-order valence-corrected chi connectivity index (χ3v) is 4.92. The van der Waals surface area contributed by atoms with Crippen LogP contribution in [0.1, 0.15) is 25.8 Å². The molecule has 1 aliphatic carbocycles. The molecule has 1 fully saturated rings. The summed E-state index contributed by atoms with van der Waals surface area (Å²) in [5.41, 5.74) is 1.09. The molecule has 0 bridgehead atoms. The van der Waals surface area contributed by atoms with Crippen molar-refractivity contribution in [1.29, 1.82) is 0 Å². The molecule has 0 saturated heterocycles. The smallest absolute Gasteiger partial charge is 0.346 e. The largest absolute Gasteiger partial charge is 0.494 e. The second-order valence-electron chi connectivity index (χ2n) is 7.28. The summed E-state index contributed by atoms with van der Waals surface area (Å²) in [6.45, 7) is 2.93. The first-order valence-electron chi connectivity index (χ1n) is 10.3. The van der Waals surface area contributed by atoms with Crippen molar-refractivity contribution in [2.45, 2.75) is 32.4 Å². The van der Waals surface area contributed by atoms with Gasteiger partial charge in [-0.1, -0.05) is 0 Å². The Bertz CT molecular complexity index is 1100. The molecule has 2 N–H and O–H groups in total. The number of rotatable bonds is 8.